The van der Waals surface area contributed by atoms with Crippen molar-refractivity contribution in [2.24, 2.45) is 0 Å². The number of halogens is 1. The number of nitrogens with zero attached hydrogens (tertiary/aromatic N) is 4. The molecular formula is C11H18ClN5O2S. The van der Waals surface area contributed by atoms with Gasteiger partial charge >= 0.3 is 0 Å². The van der Waals surface area contributed by atoms with Crippen molar-refractivity contribution < 1.29 is 8.95 Å². The summed E-state index contributed by atoms with van der Waals surface area (Å²) >= 11 is 5.92. The monoisotopic (exact) mass is 319 g/mol. The molecule has 1 aromatic rings. The Morgan fingerprint density at radius 3 is 2.80 bits per heavy atom. The number of anilines is 2. The molecule has 1 saturated heterocycles. The van der Waals surface area contributed by atoms with E-state index >= 15 is 0 Å². The summed E-state index contributed by atoms with van der Waals surface area (Å²) in [6.45, 7) is 5.22. The van der Waals surface area contributed by atoms with Gasteiger partial charge < -0.3 is 15.0 Å². The third-order valence-electron chi connectivity index (χ3n) is 2.83. The molecule has 112 valence electrons. The molecule has 0 spiro atoms. The van der Waals surface area contributed by atoms with Crippen LogP contribution in [-0.2, 0) is 15.5 Å². The highest BCUT2D eigenvalue weighted by molar-refractivity contribution is 7.84. The van der Waals surface area contributed by atoms with Gasteiger partial charge in [-0.15, -0.1) is 0 Å². The van der Waals surface area contributed by atoms with Gasteiger partial charge in [-0.1, -0.05) is 6.92 Å². The van der Waals surface area contributed by atoms with Crippen molar-refractivity contribution in [2.45, 2.75) is 6.92 Å². The fraction of sp³-hybridized carbons (Fsp3) is 0.727. The van der Waals surface area contributed by atoms with Crippen LogP contribution in [0.1, 0.15) is 6.92 Å². The molecule has 1 N–H and O–H groups in total. The van der Waals surface area contributed by atoms with E-state index in [2.05, 4.69) is 20.3 Å². The molecule has 2 rings (SSSR count). The molecule has 9 heteroatoms. The second-order valence-corrected chi connectivity index (χ2v) is 6.39. The zero-order valence-corrected chi connectivity index (χ0v) is 12.9. The molecule has 1 aliphatic rings. The zero-order chi connectivity index (χ0) is 14.4. The van der Waals surface area contributed by atoms with Gasteiger partial charge in [-0.05, 0) is 11.6 Å². The van der Waals surface area contributed by atoms with Gasteiger partial charge in [0, 0.05) is 41.9 Å². The molecule has 0 aliphatic carbocycles. The van der Waals surface area contributed by atoms with Crippen molar-refractivity contribution in [1.29, 1.82) is 0 Å². The average Bonchev–Trinajstić information content (AvgIpc) is 2.47. The minimum Gasteiger partial charge on any atom is -0.378 e. The quantitative estimate of drug-likeness (QED) is 0.819. The third kappa shape index (κ3) is 4.53. The lowest BCUT2D eigenvalue weighted by atomic mass is 10.4. The first-order valence-electron chi connectivity index (χ1n) is 6.52. The Bertz CT molecular complexity index is 470. The number of nitrogens with one attached hydrogen (secondary N) is 1. The summed E-state index contributed by atoms with van der Waals surface area (Å²) in [4.78, 5) is 14.5. The summed E-state index contributed by atoms with van der Waals surface area (Å²) in [6, 6.07) is 0. The number of morpholine rings is 1. The first kappa shape index (κ1) is 15.4. The second kappa shape index (κ2) is 7.70. The Morgan fingerprint density at radius 2 is 2.10 bits per heavy atom. The first-order chi connectivity index (χ1) is 9.69. The highest BCUT2D eigenvalue weighted by Crippen LogP contribution is 2.14. The van der Waals surface area contributed by atoms with Crippen molar-refractivity contribution in [3.05, 3.63) is 5.28 Å². The van der Waals surface area contributed by atoms with Gasteiger partial charge in [-0.3, -0.25) is 4.21 Å². The fourth-order valence-electron chi connectivity index (χ4n) is 1.74. The van der Waals surface area contributed by atoms with Gasteiger partial charge in [-0.25, -0.2) is 0 Å². The van der Waals surface area contributed by atoms with E-state index in [0.717, 1.165) is 13.1 Å². The normalized spacial score (nSPS) is 17.0. The van der Waals surface area contributed by atoms with Crippen molar-refractivity contribution in [3.8, 4) is 0 Å². The zero-order valence-electron chi connectivity index (χ0n) is 11.3. The average molecular weight is 320 g/mol. The van der Waals surface area contributed by atoms with E-state index in [1.807, 2.05) is 11.8 Å². The smallest absolute Gasteiger partial charge is 0.231 e. The predicted octanol–water partition coefficient (Wildman–Crippen LogP) is 0.542. The number of ether oxygens (including phenoxy) is 1. The molecular weight excluding hydrogens is 302 g/mol. The number of hydrogen-bond donors (Lipinski definition) is 1. The van der Waals surface area contributed by atoms with Crippen LogP contribution in [0.25, 0.3) is 0 Å². The Hall–Kier alpha value is -0.990. The molecule has 0 bridgehead atoms. The molecule has 0 saturated carbocycles. The van der Waals surface area contributed by atoms with Crippen LogP contribution in [-0.4, -0.2) is 63.5 Å². The number of rotatable bonds is 6. The molecule has 1 fully saturated rings. The lowest BCUT2D eigenvalue weighted by Crippen LogP contribution is -2.37. The van der Waals surface area contributed by atoms with Crippen LogP contribution in [0.5, 0.6) is 0 Å². The van der Waals surface area contributed by atoms with Gasteiger partial charge in [0.15, 0.2) is 0 Å². The summed E-state index contributed by atoms with van der Waals surface area (Å²) in [5.74, 6) is 2.18. The van der Waals surface area contributed by atoms with Crippen LogP contribution in [0.3, 0.4) is 0 Å². The van der Waals surface area contributed by atoms with Crippen molar-refractivity contribution >= 4 is 34.3 Å². The fourth-order valence-corrected chi connectivity index (χ4v) is 2.52. The van der Waals surface area contributed by atoms with Gasteiger partial charge in [0.25, 0.3) is 0 Å². The van der Waals surface area contributed by atoms with Crippen LogP contribution in [0, 0.1) is 0 Å². The lowest BCUT2D eigenvalue weighted by molar-refractivity contribution is 0.122. The van der Waals surface area contributed by atoms with E-state index in [0.29, 0.717) is 43.2 Å². The Kier molecular flexibility index (Phi) is 5.93. The van der Waals surface area contributed by atoms with Gasteiger partial charge in [0.05, 0.1) is 13.2 Å². The van der Waals surface area contributed by atoms with Crippen molar-refractivity contribution in [1.82, 2.24) is 15.0 Å². The van der Waals surface area contributed by atoms with E-state index in [-0.39, 0.29) is 5.28 Å². The summed E-state index contributed by atoms with van der Waals surface area (Å²) in [5.41, 5.74) is 0. The van der Waals surface area contributed by atoms with Crippen LogP contribution in [0.4, 0.5) is 11.9 Å². The number of hydrogen-bond acceptors (Lipinski definition) is 7. The van der Waals surface area contributed by atoms with Gasteiger partial charge in [-0.2, -0.15) is 15.0 Å². The maximum atomic E-state index is 11.4. The van der Waals surface area contributed by atoms with Crippen molar-refractivity contribution in [2.75, 3.05) is 54.6 Å². The maximum Gasteiger partial charge on any atom is 0.231 e. The lowest BCUT2D eigenvalue weighted by Gasteiger charge is -2.26. The Balaban J connectivity index is 1.98. The van der Waals surface area contributed by atoms with Crippen LogP contribution < -0.4 is 10.2 Å². The second-order valence-electron chi connectivity index (χ2n) is 4.19. The molecule has 7 nitrogen and oxygen atoms in total. The number of aromatic nitrogens is 3. The minimum atomic E-state index is -0.809. The van der Waals surface area contributed by atoms with Crippen LogP contribution in [0.15, 0.2) is 0 Å². The Labute approximate surface area is 125 Å². The Morgan fingerprint density at radius 1 is 1.35 bits per heavy atom. The minimum absolute atomic E-state index is 0.153. The molecule has 20 heavy (non-hydrogen) atoms. The predicted molar refractivity (Wildman–Crippen MR) is 79.9 cm³/mol. The molecule has 1 aromatic heterocycles. The first-order valence-corrected chi connectivity index (χ1v) is 8.38. The highest BCUT2D eigenvalue weighted by Gasteiger charge is 2.15. The summed E-state index contributed by atoms with van der Waals surface area (Å²) in [6.07, 6.45) is 0. The van der Waals surface area contributed by atoms with Crippen molar-refractivity contribution in [3.63, 3.8) is 0 Å². The molecule has 1 unspecified atom stereocenters. The highest BCUT2D eigenvalue weighted by atomic mass is 35.5. The van der Waals surface area contributed by atoms with Crippen LogP contribution in [0.2, 0.25) is 5.28 Å². The van der Waals surface area contributed by atoms with Crippen LogP contribution >= 0.6 is 11.6 Å². The van der Waals surface area contributed by atoms with Gasteiger partial charge in [0.1, 0.15) is 0 Å². The summed E-state index contributed by atoms with van der Waals surface area (Å²) < 4.78 is 16.6. The largest absolute Gasteiger partial charge is 0.378 e. The van der Waals surface area contributed by atoms with E-state index in [1.165, 1.54) is 0 Å². The molecule has 0 aromatic carbocycles. The van der Waals surface area contributed by atoms with E-state index in [4.69, 9.17) is 16.3 Å². The molecule has 0 amide bonds. The maximum absolute atomic E-state index is 11.4. The third-order valence-corrected chi connectivity index (χ3v) is 4.30. The molecule has 1 atom stereocenters. The topological polar surface area (TPSA) is 80.2 Å². The summed E-state index contributed by atoms with van der Waals surface area (Å²) in [7, 11) is -0.809. The van der Waals surface area contributed by atoms with E-state index in [1.54, 1.807) is 0 Å². The standard InChI is InChI=1S/C11H18ClN5O2S/c1-2-20(18)8-3-13-10-14-9(12)15-11(16-10)17-4-6-19-7-5-17/h2-8H2,1H3,(H,13,14,15,16). The van der Waals surface area contributed by atoms with Gasteiger partial charge in [0.2, 0.25) is 17.2 Å². The molecule has 2 heterocycles. The molecule has 1 aliphatic heterocycles. The van der Waals surface area contributed by atoms with E-state index in [9.17, 15) is 4.21 Å². The SMILES string of the molecule is CCS(=O)CCNc1nc(Cl)nc(N2CCOCC2)n1. The van der Waals surface area contributed by atoms with E-state index < -0.39 is 10.8 Å². The summed E-state index contributed by atoms with van der Waals surface area (Å²) in [5, 5.41) is 3.19. The molecule has 0 radical (unpaired) electrons.